The van der Waals surface area contributed by atoms with Gasteiger partial charge in [0, 0.05) is 45.0 Å². The van der Waals surface area contributed by atoms with E-state index >= 15 is 0 Å². The number of rotatable bonds is 9. The molecule has 1 saturated heterocycles. The Kier molecular flexibility index (Phi) is 7.69. The second kappa shape index (κ2) is 10.2. The Labute approximate surface area is 178 Å². The molecule has 164 valence electrons. The molecule has 1 aliphatic rings. The van der Waals surface area contributed by atoms with Gasteiger partial charge in [-0.25, -0.2) is 17.5 Å². The van der Waals surface area contributed by atoms with Crippen molar-refractivity contribution in [2.75, 3.05) is 50.8 Å². The van der Waals surface area contributed by atoms with Crippen molar-refractivity contribution in [3.05, 3.63) is 54.3 Å². The molecule has 0 aromatic heterocycles. The molecule has 6 nitrogen and oxygen atoms in total. The highest BCUT2D eigenvalue weighted by molar-refractivity contribution is 7.89. The topological polar surface area (TPSA) is 61.9 Å². The monoisotopic (exact) mass is 435 g/mol. The molecule has 1 heterocycles. The molecule has 2 aromatic carbocycles. The van der Waals surface area contributed by atoms with Gasteiger partial charge in [0.2, 0.25) is 10.0 Å². The zero-order chi connectivity index (χ0) is 21.6. The van der Waals surface area contributed by atoms with Crippen LogP contribution in [-0.4, -0.2) is 59.2 Å². The number of anilines is 1. The third-order valence-electron chi connectivity index (χ3n) is 5.00. The van der Waals surface area contributed by atoms with Gasteiger partial charge >= 0.3 is 0 Å². The largest absolute Gasteiger partial charge is 0.493 e. The van der Waals surface area contributed by atoms with E-state index in [1.807, 2.05) is 0 Å². The molecular weight excluding hydrogens is 405 g/mol. The molecule has 0 atom stereocenters. The first kappa shape index (κ1) is 22.5. The maximum Gasteiger partial charge on any atom is 0.240 e. The summed E-state index contributed by atoms with van der Waals surface area (Å²) in [5, 5.41) is 0. The number of hydrogen-bond acceptors (Lipinski definition) is 5. The van der Waals surface area contributed by atoms with Gasteiger partial charge in [0.05, 0.1) is 11.5 Å². The Bertz CT molecular complexity index is 894. The summed E-state index contributed by atoms with van der Waals surface area (Å²) in [6.07, 6.45) is 0. The van der Waals surface area contributed by atoms with Crippen molar-refractivity contribution in [2.45, 2.75) is 18.7 Å². The van der Waals surface area contributed by atoms with Crippen LogP contribution in [0, 0.1) is 11.7 Å². The van der Waals surface area contributed by atoms with E-state index in [0.717, 1.165) is 31.9 Å². The standard InChI is InChI=1S/C22H30FN3O3S/c1-18(2)17-29-21-7-9-22(10-8-21)30(27,28)24-11-12-25-13-15-26(16-14-25)20-5-3-19(23)4-6-20/h3-10,18,24H,11-17H2,1-2H3. The quantitative estimate of drug-likeness (QED) is 0.656. The van der Waals surface area contributed by atoms with Crippen LogP contribution in [0.1, 0.15) is 13.8 Å². The Balaban J connectivity index is 1.43. The van der Waals surface area contributed by atoms with Gasteiger partial charge in [0.1, 0.15) is 11.6 Å². The minimum absolute atomic E-state index is 0.234. The normalized spacial score (nSPS) is 15.5. The molecule has 0 aliphatic carbocycles. The Hall–Kier alpha value is -2.16. The van der Waals surface area contributed by atoms with Gasteiger partial charge in [-0.05, 0) is 54.4 Å². The van der Waals surface area contributed by atoms with Crippen LogP contribution < -0.4 is 14.4 Å². The van der Waals surface area contributed by atoms with E-state index < -0.39 is 10.0 Å². The first-order valence-electron chi connectivity index (χ1n) is 10.3. The van der Waals surface area contributed by atoms with E-state index in [1.165, 1.54) is 12.1 Å². The van der Waals surface area contributed by atoms with Crippen molar-refractivity contribution in [3.8, 4) is 5.75 Å². The average Bonchev–Trinajstić information content (AvgIpc) is 2.73. The molecule has 8 heteroatoms. The number of hydrogen-bond donors (Lipinski definition) is 1. The summed E-state index contributed by atoms with van der Waals surface area (Å²) in [6.45, 7) is 9.04. The molecule has 1 N–H and O–H groups in total. The highest BCUT2D eigenvalue weighted by atomic mass is 32.2. The summed E-state index contributed by atoms with van der Waals surface area (Å²) in [6, 6.07) is 13.0. The lowest BCUT2D eigenvalue weighted by atomic mass is 10.2. The molecule has 30 heavy (non-hydrogen) atoms. The molecule has 0 amide bonds. The van der Waals surface area contributed by atoms with E-state index in [0.29, 0.717) is 31.4 Å². The number of sulfonamides is 1. The number of benzene rings is 2. The van der Waals surface area contributed by atoms with Crippen LogP contribution in [0.15, 0.2) is 53.4 Å². The highest BCUT2D eigenvalue weighted by Crippen LogP contribution is 2.18. The first-order valence-corrected chi connectivity index (χ1v) is 11.8. The third kappa shape index (κ3) is 6.42. The number of piperazine rings is 1. The van der Waals surface area contributed by atoms with Crippen LogP contribution in [-0.2, 0) is 10.0 Å². The lowest BCUT2D eigenvalue weighted by molar-refractivity contribution is 0.262. The smallest absolute Gasteiger partial charge is 0.240 e. The van der Waals surface area contributed by atoms with Gasteiger partial charge in [0.15, 0.2) is 0 Å². The Morgan fingerprint density at radius 3 is 2.23 bits per heavy atom. The average molecular weight is 436 g/mol. The van der Waals surface area contributed by atoms with Crippen LogP contribution in [0.5, 0.6) is 5.75 Å². The zero-order valence-corrected chi connectivity index (χ0v) is 18.4. The van der Waals surface area contributed by atoms with Crippen molar-refractivity contribution in [3.63, 3.8) is 0 Å². The summed E-state index contributed by atoms with van der Waals surface area (Å²) < 4.78 is 46.4. The summed E-state index contributed by atoms with van der Waals surface area (Å²) in [5.74, 6) is 0.844. The van der Waals surface area contributed by atoms with Crippen LogP contribution in [0.2, 0.25) is 0 Å². The fourth-order valence-corrected chi connectivity index (χ4v) is 4.30. The van der Waals surface area contributed by atoms with Gasteiger partial charge in [-0.2, -0.15) is 0 Å². The molecule has 0 spiro atoms. The lowest BCUT2D eigenvalue weighted by Crippen LogP contribution is -2.48. The highest BCUT2D eigenvalue weighted by Gasteiger charge is 2.19. The minimum Gasteiger partial charge on any atom is -0.493 e. The van der Waals surface area contributed by atoms with Gasteiger partial charge < -0.3 is 9.64 Å². The van der Waals surface area contributed by atoms with E-state index in [2.05, 4.69) is 28.4 Å². The number of nitrogens with zero attached hydrogens (tertiary/aromatic N) is 2. The second-order valence-corrected chi connectivity index (χ2v) is 9.65. The maximum absolute atomic E-state index is 13.1. The molecule has 1 fully saturated rings. The predicted molar refractivity (Wildman–Crippen MR) is 117 cm³/mol. The SMILES string of the molecule is CC(C)COc1ccc(S(=O)(=O)NCCN2CCN(c3ccc(F)cc3)CC2)cc1. The Morgan fingerprint density at radius 1 is 1.00 bits per heavy atom. The second-order valence-electron chi connectivity index (χ2n) is 7.88. The van der Waals surface area contributed by atoms with Crippen LogP contribution in [0.25, 0.3) is 0 Å². The Morgan fingerprint density at radius 2 is 1.63 bits per heavy atom. The third-order valence-corrected chi connectivity index (χ3v) is 6.48. The van der Waals surface area contributed by atoms with Crippen molar-refractivity contribution >= 4 is 15.7 Å². The van der Waals surface area contributed by atoms with Crippen LogP contribution in [0.4, 0.5) is 10.1 Å². The zero-order valence-electron chi connectivity index (χ0n) is 17.6. The number of nitrogens with one attached hydrogen (secondary N) is 1. The fourth-order valence-electron chi connectivity index (χ4n) is 3.28. The number of halogens is 1. The first-order chi connectivity index (χ1) is 14.3. The molecular formula is C22H30FN3O3S. The molecule has 0 unspecified atom stereocenters. The van der Waals surface area contributed by atoms with Gasteiger partial charge in [-0.3, -0.25) is 4.90 Å². The number of ether oxygens (including phenoxy) is 1. The summed E-state index contributed by atoms with van der Waals surface area (Å²) in [5.41, 5.74) is 1.01. The van der Waals surface area contributed by atoms with Gasteiger partial charge in [0.25, 0.3) is 0 Å². The minimum atomic E-state index is -3.55. The molecule has 3 rings (SSSR count). The van der Waals surface area contributed by atoms with Crippen LogP contribution in [0.3, 0.4) is 0 Å². The molecule has 2 aromatic rings. The summed E-state index contributed by atoms with van der Waals surface area (Å²) in [4.78, 5) is 4.68. The van der Waals surface area contributed by atoms with Gasteiger partial charge in [-0.1, -0.05) is 13.8 Å². The van der Waals surface area contributed by atoms with Crippen LogP contribution >= 0.6 is 0 Å². The van der Waals surface area contributed by atoms with Gasteiger partial charge in [-0.15, -0.1) is 0 Å². The fraction of sp³-hybridized carbons (Fsp3) is 0.455. The van der Waals surface area contributed by atoms with E-state index in [1.54, 1.807) is 36.4 Å². The molecule has 1 aliphatic heterocycles. The van der Waals surface area contributed by atoms with E-state index in [9.17, 15) is 12.8 Å². The van der Waals surface area contributed by atoms with E-state index in [4.69, 9.17) is 4.74 Å². The molecule has 0 bridgehead atoms. The maximum atomic E-state index is 13.1. The van der Waals surface area contributed by atoms with Crippen molar-refractivity contribution in [1.82, 2.24) is 9.62 Å². The molecule has 0 radical (unpaired) electrons. The summed E-state index contributed by atoms with van der Waals surface area (Å²) in [7, 11) is -3.55. The summed E-state index contributed by atoms with van der Waals surface area (Å²) >= 11 is 0. The van der Waals surface area contributed by atoms with Crippen molar-refractivity contribution < 1.29 is 17.5 Å². The molecule has 0 saturated carbocycles. The van der Waals surface area contributed by atoms with E-state index in [-0.39, 0.29) is 10.7 Å². The van der Waals surface area contributed by atoms with Crippen molar-refractivity contribution in [2.24, 2.45) is 5.92 Å². The lowest BCUT2D eigenvalue weighted by Gasteiger charge is -2.36. The predicted octanol–water partition coefficient (Wildman–Crippen LogP) is 2.96. The van der Waals surface area contributed by atoms with Crippen molar-refractivity contribution in [1.29, 1.82) is 0 Å².